The lowest BCUT2D eigenvalue weighted by atomic mass is 10.4. The summed E-state index contributed by atoms with van der Waals surface area (Å²) >= 11 is 0. The van der Waals surface area contributed by atoms with Crippen LogP contribution in [0.3, 0.4) is 0 Å². The van der Waals surface area contributed by atoms with Crippen molar-refractivity contribution in [2.24, 2.45) is 11.8 Å². The number of carbonyl (C=O) groups is 2. The van der Waals surface area contributed by atoms with Crippen LogP contribution in [0, 0.1) is 11.8 Å². The van der Waals surface area contributed by atoms with Gasteiger partial charge in [0, 0.05) is 19.1 Å². The fraction of sp³-hybridized carbons (Fsp3) is 0.818. The van der Waals surface area contributed by atoms with Crippen LogP contribution in [0.15, 0.2) is 0 Å². The average molecular weight is 292 g/mol. The monoisotopic (exact) mass is 292 g/mol. The Kier molecular flexibility index (Phi) is 3.03. The molecular weight excluding hydrogens is 277 g/mol. The lowest BCUT2D eigenvalue weighted by molar-refractivity contribution is -0.157. The molecule has 20 heavy (non-hydrogen) atoms. The Morgan fingerprint density at radius 1 is 1.35 bits per heavy atom. The minimum atomic E-state index is -4.44. The van der Waals surface area contributed by atoms with Crippen molar-refractivity contribution in [3.05, 3.63) is 0 Å². The average Bonchev–Trinajstić information content (AvgIpc) is 2.74. The molecule has 112 valence electrons. The molecule has 2 aliphatic heterocycles. The van der Waals surface area contributed by atoms with E-state index in [9.17, 15) is 22.8 Å². The van der Waals surface area contributed by atoms with Crippen molar-refractivity contribution in [1.29, 1.82) is 0 Å². The molecule has 2 heterocycles. The molecule has 0 aromatic carbocycles. The molecule has 3 fully saturated rings. The molecule has 2 saturated heterocycles. The second kappa shape index (κ2) is 4.51. The number of carbonyl (C=O) groups excluding carboxylic acids is 2. The number of amides is 3. The smallest absolute Gasteiger partial charge is 0.335 e. The topological polar surface area (TPSA) is 64.7 Å². The summed E-state index contributed by atoms with van der Waals surface area (Å²) in [6.07, 6.45) is -4.44. The lowest BCUT2D eigenvalue weighted by Gasteiger charge is -2.20. The molecule has 0 radical (unpaired) electrons. The van der Waals surface area contributed by atoms with Gasteiger partial charge in [0.15, 0.2) is 0 Å². The van der Waals surface area contributed by atoms with Crippen molar-refractivity contribution in [2.75, 3.05) is 32.8 Å². The maximum atomic E-state index is 12.3. The van der Waals surface area contributed by atoms with E-state index < -0.39 is 24.7 Å². The van der Waals surface area contributed by atoms with E-state index in [0.29, 0.717) is 16.7 Å². The van der Waals surface area contributed by atoms with Gasteiger partial charge in [0.1, 0.15) is 13.1 Å². The predicted octanol–water partition coefficient (Wildman–Crippen LogP) is -0.422. The van der Waals surface area contributed by atoms with Crippen LogP contribution in [0.2, 0.25) is 0 Å². The molecule has 0 aromatic rings. The first-order chi connectivity index (χ1) is 9.35. The van der Waals surface area contributed by atoms with E-state index in [2.05, 4.69) is 10.6 Å². The van der Waals surface area contributed by atoms with Gasteiger partial charge in [-0.2, -0.15) is 13.2 Å². The van der Waals surface area contributed by atoms with Gasteiger partial charge in [-0.3, -0.25) is 9.69 Å². The molecule has 1 saturated carbocycles. The highest BCUT2D eigenvalue weighted by Crippen LogP contribution is 2.41. The summed E-state index contributed by atoms with van der Waals surface area (Å²) in [4.78, 5) is 25.1. The largest absolute Gasteiger partial charge is 0.406 e. The van der Waals surface area contributed by atoms with Crippen LogP contribution in [-0.4, -0.2) is 66.8 Å². The van der Waals surface area contributed by atoms with E-state index in [1.54, 1.807) is 0 Å². The summed E-state index contributed by atoms with van der Waals surface area (Å²) in [7, 11) is 0. The summed E-state index contributed by atoms with van der Waals surface area (Å²) in [6, 6.07) is -0.363. The Bertz CT molecular complexity index is 432. The second-order valence-electron chi connectivity index (χ2n) is 5.51. The summed E-state index contributed by atoms with van der Waals surface area (Å²) in [6.45, 7) is -0.190. The van der Waals surface area contributed by atoms with Crippen LogP contribution in [-0.2, 0) is 4.79 Å². The van der Waals surface area contributed by atoms with Crippen molar-refractivity contribution in [2.45, 2.75) is 12.2 Å². The summed E-state index contributed by atoms with van der Waals surface area (Å²) in [5.74, 6) is 0.169. The normalized spacial score (nSPS) is 32.5. The molecule has 1 unspecified atom stereocenters. The van der Waals surface area contributed by atoms with Gasteiger partial charge in [0.2, 0.25) is 5.91 Å². The molecule has 3 rings (SSSR count). The fourth-order valence-electron chi connectivity index (χ4n) is 2.96. The van der Waals surface area contributed by atoms with Gasteiger partial charge in [-0.1, -0.05) is 0 Å². The zero-order valence-corrected chi connectivity index (χ0v) is 10.6. The number of fused-ring (bicyclic) bond motifs is 1. The van der Waals surface area contributed by atoms with E-state index in [1.165, 1.54) is 0 Å². The van der Waals surface area contributed by atoms with Gasteiger partial charge in [0.05, 0.1) is 6.67 Å². The molecule has 0 aromatic heterocycles. The first-order valence-corrected chi connectivity index (χ1v) is 6.46. The number of nitrogens with one attached hydrogen (secondary N) is 2. The third kappa shape index (κ3) is 2.54. The number of hydrogen-bond acceptors (Lipinski definition) is 3. The third-order valence-electron chi connectivity index (χ3n) is 4.06. The summed E-state index contributed by atoms with van der Waals surface area (Å²) in [5.41, 5.74) is 0. The van der Waals surface area contributed by atoms with Gasteiger partial charge in [-0.15, -0.1) is 0 Å². The van der Waals surface area contributed by atoms with Crippen LogP contribution < -0.4 is 10.6 Å². The highest BCUT2D eigenvalue weighted by atomic mass is 19.4. The minimum Gasteiger partial charge on any atom is -0.335 e. The Hall–Kier alpha value is -1.51. The van der Waals surface area contributed by atoms with E-state index in [-0.39, 0.29) is 19.3 Å². The Labute approximate surface area is 113 Å². The fourth-order valence-corrected chi connectivity index (χ4v) is 2.96. The van der Waals surface area contributed by atoms with Crippen molar-refractivity contribution >= 4 is 11.9 Å². The minimum absolute atomic E-state index is 0.0931. The number of piperidine rings is 1. The van der Waals surface area contributed by atoms with Crippen molar-refractivity contribution < 1.29 is 22.8 Å². The number of rotatable bonds is 2. The number of hydrogen-bond donors (Lipinski definition) is 2. The molecule has 6 nitrogen and oxygen atoms in total. The molecule has 1 aliphatic carbocycles. The molecule has 3 amide bonds. The summed E-state index contributed by atoms with van der Waals surface area (Å²) < 4.78 is 36.8. The maximum absolute atomic E-state index is 12.3. The first-order valence-electron chi connectivity index (χ1n) is 6.46. The van der Waals surface area contributed by atoms with Crippen LogP contribution in [0.1, 0.15) is 0 Å². The molecule has 0 bridgehead atoms. The second-order valence-corrected chi connectivity index (χ2v) is 5.51. The number of urea groups is 1. The van der Waals surface area contributed by atoms with Gasteiger partial charge in [-0.05, 0) is 11.8 Å². The molecule has 2 N–H and O–H groups in total. The molecule has 0 spiro atoms. The van der Waals surface area contributed by atoms with Crippen molar-refractivity contribution in [3.8, 4) is 0 Å². The number of alkyl halides is 3. The zero-order chi connectivity index (χ0) is 14.5. The van der Waals surface area contributed by atoms with E-state index in [0.717, 1.165) is 18.0 Å². The third-order valence-corrected chi connectivity index (χ3v) is 4.06. The standard InChI is InChI=1S/C11H15F3N4O2/c12-11(13,14)4-18-5-17(3-8(18)19)10(20)16-9-6-1-15-2-7(6)9/h6-7,9,15H,1-5H2,(H,16,20)/t6-,7+,9?. The van der Waals surface area contributed by atoms with Gasteiger partial charge in [-0.25, -0.2) is 4.79 Å². The highest BCUT2D eigenvalue weighted by Gasteiger charge is 2.54. The number of nitrogens with zero attached hydrogens (tertiary/aromatic N) is 2. The van der Waals surface area contributed by atoms with Crippen LogP contribution in [0.5, 0.6) is 0 Å². The van der Waals surface area contributed by atoms with Gasteiger partial charge < -0.3 is 15.5 Å². The molecule has 3 aliphatic rings. The van der Waals surface area contributed by atoms with Crippen LogP contribution in [0.4, 0.5) is 18.0 Å². The van der Waals surface area contributed by atoms with Crippen LogP contribution >= 0.6 is 0 Å². The quantitative estimate of drug-likeness (QED) is 0.726. The molecule has 9 heteroatoms. The zero-order valence-electron chi connectivity index (χ0n) is 10.6. The lowest BCUT2D eigenvalue weighted by Crippen LogP contribution is -2.43. The SMILES string of the molecule is O=C1CN(C(=O)NC2[C@H]3CNC[C@@H]23)CN1CC(F)(F)F. The molecule has 3 atom stereocenters. The summed E-state index contributed by atoms with van der Waals surface area (Å²) in [5, 5.41) is 5.97. The molecular formula is C11H15F3N4O2. The van der Waals surface area contributed by atoms with Crippen LogP contribution in [0.25, 0.3) is 0 Å². The van der Waals surface area contributed by atoms with Gasteiger partial charge in [0.25, 0.3) is 0 Å². The van der Waals surface area contributed by atoms with Gasteiger partial charge >= 0.3 is 12.2 Å². The Balaban J connectivity index is 1.51. The van der Waals surface area contributed by atoms with E-state index >= 15 is 0 Å². The Morgan fingerprint density at radius 2 is 2.00 bits per heavy atom. The Morgan fingerprint density at radius 3 is 2.60 bits per heavy atom. The van der Waals surface area contributed by atoms with E-state index in [1.807, 2.05) is 0 Å². The first kappa shape index (κ1) is 13.5. The van der Waals surface area contributed by atoms with E-state index in [4.69, 9.17) is 0 Å². The predicted molar refractivity (Wildman–Crippen MR) is 61.5 cm³/mol. The number of halogens is 3. The maximum Gasteiger partial charge on any atom is 0.406 e. The highest BCUT2D eigenvalue weighted by molar-refractivity contribution is 5.87. The van der Waals surface area contributed by atoms with Crippen molar-refractivity contribution in [1.82, 2.24) is 20.4 Å². The van der Waals surface area contributed by atoms with Crippen molar-refractivity contribution in [3.63, 3.8) is 0 Å².